The summed E-state index contributed by atoms with van der Waals surface area (Å²) in [4.78, 5) is 15.5. The van der Waals surface area contributed by atoms with Crippen LogP contribution in [0.25, 0.3) is 44.5 Å². The van der Waals surface area contributed by atoms with Crippen LogP contribution in [0.3, 0.4) is 0 Å². The molecule has 0 fully saturated rings. The molecule has 0 saturated heterocycles. The Bertz CT molecular complexity index is 3090. The van der Waals surface area contributed by atoms with E-state index in [-0.39, 0.29) is 5.78 Å². The van der Waals surface area contributed by atoms with Gasteiger partial charge in [-0.05, 0) is 131 Å². The average molecular weight is 857 g/mol. The fourth-order valence-electron chi connectivity index (χ4n) is 7.72. The van der Waals surface area contributed by atoms with Crippen LogP contribution >= 0.6 is 0 Å². The molecule has 0 aromatic heterocycles. The summed E-state index contributed by atoms with van der Waals surface area (Å²) >= 11 is 0. The van der Waals surface area contributed by atoms with Gasteiger partial charge in [0.15, 0.2) is 5.78 Å². The Balaban J connectivity index is 1.23. The minimum Gasteiger partial charge on any atom is -0.457 e. The van der Waals surface area contributed by atoms with E-state index in [1.165, 1.54) is 0 Å². The van der Waals surface area contributed by atoms with E-state index in [0.717, 1.165) is 44.5 Å². The summed E-state index contributed by atoms with van der Waals surface area (Å²) < 4.78 is 25.9. The van der Waals surface area contributed by atoms with Crippen molar-refractivity contribution in [2.75, 3.05) is 0 Å². The van der Waals surface area contributed by atoms with E-state index >= 15 is 4.79 Å². The summed E-state index contributed by atoms with van der Waals surface area (Å²) in [6.07, 6.45) is 5.04. The van der Waals surface area contributed by atoms with Crippen molar-refractivity contribution in [3.05, 3.63) is 273 Å². The zero-order chi connectivity index (χ0) is 45.1. The molecule has 66 heavy (non-hydrogen) atoms. The van der Waals surface area contributed by atoms with Crippen molar-refractivity contribution in [2.24, 2.45) is 0 Å². The van der Waals surface area contributed by atoms with Crippen LogP contribution in [-0.2, 0) is 0 Å². The van der Waals surface area contributed by atoms with Crippen LogP contribution in [0, 0.1) is 0 Å². The van der Waals surface area contributed by atoms with Gasteiger partial charge in [-0.25, -0.2) is 0 Å². The highest BCUT2D eigenvalue weighted by molar-refractivity contribution is 6.12. The van der Waals surface area contributed by atoms with Crippen molar-refractivity contribution in [3.63, 3.8) is 0 Å². The van der Waals surface area contributed by atoms with Gasteiger partial charge in [-0.2, -0.15) is 0 Å². The van der Waals surface area contributed by atoms with Crippen LogP contribution in [0.4, 0.5) is 0 Å². The molecule has 0 aliphatic carbocycles. The predicted octanol–water partition coefficient (Wildman–Crippen LogP) is 16.6. The number of para-hydroxylation sites is 7. The number of rotatable bonds is 16. The third-order valence-corrected chi connectivity index (χ3v) is 10.8. The Hall–Kier alpha value is -8.93. The Labute approximate surface area is 385 Å². The SMILES string of the molecule is C=C/C=C(\C=C)Oc1ccccc1-c1cc(C(=O)c2cc(-c3ccccc3Oc3ccccc3)cc(-c3ccccc3Oc3ccccc3)c2)cc(-c2ccccc2Oc2ccccc2)c1. The van der Waals surface area contributed by atoms with Gasteiger partial charge in [-0.15, -0.1) is 0 Å². The molecule has 0 unspecified atom stereocenters. The van der Waals surface area contributed by atoms with Crippen LogP contribution < -0.4 is 18.9 Å². The molecule has 5 heteroatoms. The topological polar surface area (TPSA) is 54.0 Å². The smallest absolute Gasteiger partial charge is 0.193 e. The molecule has 0 bridgehead atoms. The standard InChI is InChI=1S/C61H44O5/c1-3-22-49(4-2)63-57-33-18-14-29-53(57)43-37-44(54-30-15-19-34-58(54)64-50-23-8-5-9-24-50)40-47(39-43)61(62)48-41-45(55-31-16-20-35-59(55)65-51-25-10-6-11-26-51)38-46(42-48)56-32-17-21-36-60(56)66-52-27-12-7-13-28-52/h3-42H,1-2H2/b49-22+. The highest BCUT2D eigenvalue weighted by Gasteiger charge is 2.21. The second-order valence-electron chi connectivity index (χ2n) is 15.3. The lowest BCUT2D eigenvalue weighted by molar-refractivity contribution is 0.103. The molecule has 318 valence electrons. The minimum absolute atomic E-state index is 0.192. The van der Waals surface area contributed by atoms with Crippen molar-refractivity contribution < 1.29 is 23.7 Å². The fourth-order valence-corrected chi connectivity index (χ4v) is 7.72. The molecule has 0 aliphatic rings. The van der Waals surface area contributed by atoms with Gasteiger partial charge in [0.2, 0.25) is 0 Å². The molecule has 0 N–H and O–H groups in total. The van der Waals surface area contributed by atoms with Gasteiger partial charge >= 0.3 is 0 Å². The van der Waals surface area contributed by atoms with Crippen LogP contribution in [-0.4, -0.2) is 5.78 Å². The molecule has 9 rings (SSSR count). The van der Waals surface area contributed by atoms with E-state index in [2.05, 4.69) is 25.3 Å². The van der Waals surface area contributed by atoms with E-state index in [1.807, 2.05) is 212 Å². The molecule has 0 heterocycles. The summed E-state index contributed by atoms with van der Waals surface area (Å²) in [7, 11) is 0. The summed E-state index contributed by atoms with van der Waals surface area (Å²) in [5.41, 5.74) is 7.28. The number of ether oxygens (including phenoxy) is 4. The average Bonchev–Trinajstić information content (AvgIpc) is 3.37. The molecule has 0 aliphatic heterocycles. The first-order valence-electron chi connectivity index (χ1n) is 21.6. The van der Waals surface area contributed by atoms with Crippen molar-refractivity contribution in [1.29, 1.82) is 0 Å². The molecule has 9 aromatic carbocycles. The first kappa shape index (κ1) is 42.4. The quantitative estimate of drug-likeness (QED) is 0.0550. The van der Waals surface area contributed by atoms with Gasteiger partial charge in [0.25, 0.3) is 0 Å². The molecular formula is C61H44O5. The molecular weight excluding hydrogens is 813 g/mol. The lowest BCUT2D eigenvalue weighted by Gasteiger charge is -2.18. The lowest BCUT2D eigenvalue weighted by atomic mass is 9.89. The Kier molecular flexibility index (Phi) is 12.9. The van der Waals surface area contributed by atoms with Gasteiger partial charge < -0.3 is 18.9 Å². The third kappa shape index (κ3) is 9.82. The number of carbonyl (C=O) groups is 1. The fraction of sp³-hybridized carbons (Fsp3) is 0. The van der Waals surface area contributed by atoms with Crippen molar-refractivity contribution in [3.8, 4) is 84.8 Å². The highest BCUT2D eigenvalue weighted by Crippen LogP contribution is 2.42. The van der Waals surface area contributed by atoms with Crippen LogP contribution in [0.1, 0.15) is 15.9 Å². The van der Waals surface area contributed by atoms with Gasteiger partial charge in [-0.3, -0.25) is 4.79 Å². The Morgan fingerprint density at radius 3 is 1.00 bits per heavy atom. The second kappa shape index (κ2) is 20.1. The summed E-state index contributed by atoms with van der Waals surface area (Å²) in [6, 6.07) is 72.2. The maximum atomic E-state index is 15.5. The van der Waals surface area contributed by atoms with Crippen molar-refractivity contribution in [1.82, 2.24) is 0 Å². The van der Waals surface area contributed by atoms with Crippen LogP contribution in [0.5, 0.6) is 40.2 Å². The van der Waals surface area contributed by atoms with E-state index in [1.54, 1.807) is 18.2 Å². The zero-order valence-electron chi connectivity index (χ0n) is 36.0. The maximum Gasteiger partial charge on any atom is 0.193 e. The summed E-state index contributed by atoms with van der Waals surface area (Å²) in [5.74, 6) is 4.95. The Morgan fingerprint density at radius 1 is 0.364 bits per heavy atom. The zero-order valence-corrected chi connectivity index (χ0v) is 36.0. The summed E-state index contributed by atoms with van der Waals surface area (Å²) in [6.45, 7) is 7.79. The van der Waals surface area contributed by atoms with E-state index in [0.29, 0.717) is 57.1 Å². The molecule has 0 saturated carbocycles. The lowest BCUT2D eigenvalue weighted by Crippen LogP contribution is -2.04. The second-order valence-corrected chi connectivity index (χ2v) is 15.3. The van der Waals surface area contributed by atoms with E-state index in [9.17, 15) is 0 Å². The van der Waals surface area contributed by atoms with Gasteiger partial charge in [0, 0.05) is 33.4 Å². The molecule has 0 atom stereocenters. The monoisotopic (exact) mass is 856 g/mol. The largest absolute Gasteiger partial charge is 0.457 e. The van der Waals surface area contributed by atoms with Crippen molar-refractivity contribution >= 4 is 5.78 Å². The van der Waals surface area contributed by atoms with Crippen LogP contribution in [0.15, 0.2) is 262 Å². The number of hydrogen-bond donors (Lipinski definition) is 0. The summed E-state index contributed by atoms with van der Waals surface area (Å²) in [5, 5.41) is 0. The number of ketones is 1. The highest BCUT2D eigenvalue weighted by atomic mass is 16.5. The first-order chi connectivity index (χ1) is 32.5. The minimum atomic E-state index is -0.192. The van der Waals surface area contributed by atoms with Gasteiger partial charge in [-0.1, -0.05) is 147 Å². The Morgan fingerprint density at radius 2 is 0.667 bits per heavy atom. The number of hydrogen-bond acceptors (Lipinski definition) is 5. The van der Waals surface area contributed by atoms with Crippen LogP contribution in [0.2, 0.25) is 0 Å². The normalized spacial score (nSPS) is 11.0. The molecule has 5 nitrogen and oxygen atoms in total. The molecule has 9 aromatic rings. The van der Waals surface area contributed by atoms with Gasteiger partial charge in [0.1, 0.15) is 46.0 Å². The first-order valence-corrected chi connectivity index (χ1v) is 21.6. The van der Waals surface area contributed by atoms with E-state index < -0.39 is 0 Å². The number of benzene rings is 9. The number of carbonyl (C=O) groups excluding carboxylic acids is 1. The number of allylic oxidation sites excluding steroid dienone is 3. The third-order valence-electron chi connectivity index (χ3n) is 10.8. The molecule has 0 spiro atoms. The molecule has 0 amide bonds. The van der Waals surface area contributed by atoms with Gasteiger partial charge in [0.05, 0.1) is 0 Å². The maximum absolute atomic E-state index is 15.5. The van der Waals surface area contributed by atoms with Crippen molar-refractivity contribution in [2.45, 2.75) is 0 Å². The predicted molar refractivity (Wildman–Crippen MR) is 267 cm³/mol. The molecule has 0 radical (unpaired) electrons. The van der Waals surface area contributed by atoms with E-state index in [4.69, 9.17) is 18.9 Å².